The number of hydrogen-bond acceptors (Lipinski definition) is 4. The van der Waals surface area contributed by atoms with Gasteiger partial charge >= 0.3 is 0 Å². The summed E-state index contributed by atoms with van der Waals surface area (Å²) in [5.41, 5.74) is 7.01. The van der Waals surface area contributed by atoms with Crippen molar-refractivity contribution in [2.75, 3.05) is 11.5 Å². The van der Waals surface area contributed by atoms with Gasteiger partial charge in [-0.3, -0.25) is 14.6 Å². The fourth-order valence-corrected chi connectivity index (χ4v) is 7.25. The second kappa shape index (κ2) is 9.02. The van der Waals surface area contributed by atoms with Gasteiger partial charge in [-0.1, -0.05) is 72.8 Å². The Morgan fingerprint density at radius 2 is 1.48 bits per heavy atom. The molecule has 3 aliphatic carbocycles. The molecule has 0 spiro atoms. The van der Waals surface area contributed by atoms with Gasteiger partial charge in [0.1, 0.15) is 5.75 Å². The topological polar surface area (TPSA) is 59.0 Å². The lowest BCUT2D eigenvalue weighted by molar-refractivity contribution is -0.122. The minimum Gasteiger partial charge on any atom is -0.492 e. The van der Waals surface area contributed by atoms with Crippen LogP contribution < -0.4 is 9.64 Å². The number of para-hydroxylation sites is 2. The van der Waals surface area contributed by atoms with Gasteiger partial charge in [0.15, 0.2) is 0 Å². The van der Waals surface area contributed by atoms with Crippen molar-refractivity contribution in [1.29, 1.82) is 0 Å². The molecule has 1 heterocycles. The molecule has 4 aliphatic rings. The quantitative estimate of drug-likeness (QED) is 0.216. The van der Waals surface area contributed by atoms with E-state index in [4.69, 9.17) is 9.73 Å². The number of anilines is 1. The SMILES string of the molecule is CCOc1ccccc1N1C(=O)C2C3c4ccccc4C(C=Nc4cccc(C)c4C)(c4ccccc43)C2C1=O. The molecule has 2 unspecified atom stereocenters. The van der Waals surface area contributed by atoms with Gasteiger partial charge in [0.2, 0.25) is 11.8 Å². The Balaban J connectivity index is 1.50. The summed E-state index contributed by atoms with van der Waals surface area (Å²) in [6.07, 6.45) is 1.96. The monoisotopic (exact) mass is 526 g/mol. The van der Waals surface area contributed by atoms with Gasteiger partial charge in [0.05, 0.1) is 35.2 Å². The molecular weight excluding hydrogens is 496 g/mol. The molecule has 5 nitrogen and oxygen atoms in total. The highest BCUT2D eigenvalue weighted by Crippen LogP contribution is 2.64. The molecule has 5 heteroatoms. The largest absolute Gasteiger partial charge is 0.492 e. The molecule has 0 radical (unpaired) electrons. The number of carbonyl (C=O) groups is 2. The molecule has 0 aromatic heterocycles. The fraction of sp³-hybridized carbons (Fsp3) is 0.229. The number of rotatable bonds is 5. The zero-order valence-electron chi connectivity index (χ0n) is 22.8. The van der Waals surface area contributed by atoms with Crippen LogP contribution in [0.5, 0.6) is 5.75 Å². The minimum absolute atomic E-state index is 0.180. The van der Waals surface area contributed by atoms with E-state index in [-0.39, 0.29) is 17.7 Å². The third-order valence-electron chi connectivity index (χ3n) is 9.07. The van der Waals surface area contributed by atoms with Crippen LogP contribution in [0.3, 0.4) is 0 Å². The molecule has 0 saturated carbocycles. The second-order valence-electron chi connectivity index (χ2n) is 10.9. The summed E-state index contributed by atoms with van der Waals surface area (Å²) < 4.78 is 5.87. The van der Waals surface area contributed by atoms with Crippen molar-refractivity contribution in [3.8, 4) is 5.75 Å². The van der Waals surface area contributed by atoms with Crippen LogP contribution in [0, 0.1) is 25.7 Å². The van der Waals surface area contributed by atoms with Crippen LogP contribution in [0.2, 0.25) is 0 Å². The van der Waals surface area contributed by atoms with E-state index in [1.165, 1.54) is 4.90 Å². The lowest BCUT2D eigenvalue weighted by Gasteiger charge is -2.52. The molecule has 4 aromatic rings. The van der Waals surface area contributed by atoms with Crippen molar-refractivity contribution in [3.63, 3.8) is 0 Å². The van der Waals surface area contributed by atoms with Crippen molar-refractivity contribution < 1.29 is 14.3 Å². The molecule has 198 valence electrons. The first-order valence-electron chi connectivity index (χ1n) is 13.9. The highest BCUT2D eigenvalue weighted by atomic mass is 16.5. The van der Waals surface area contributed by atoms with Gasteiger partial charge in [-0.2, -0.15) is 0 Å². The number of carbonyl (C=O) groups excluding carboxylic acids is 2. The Kier molecular flexibility index (Phi) is 5.53. The van der Waals surface area contributed by atoms with Crippen LogP contribution in [0.4, 0.5) is 11.4 Å². The maximum absolute atomic E-state index is 14.6. The van der Waals surface area contributed by atoms with E-state index in [9.17, 15) is 9.59 Å². The number of imide groups is 1. The fourth-order valence-electron chi connectivity index (χ4n) is 7.25. The normalized spacial score (nSPS) is 24.3. The molecule has 8 rings (SSSR count). The van der Waals surface area contributed by atoms with E-state index in [0.29, 0.717) is 18.0 Å². The summed E-state index contributed by atoms with van der Waals surface area (Å²) in [6.45, 7) is 6.48. The molecular formula is C35H30N2O3. The predicted molar refractivity (Wildman–Crippen MR) is 157 cm³/mol. The first-order valence-corrected chi connectivity index (χ1v) is 13.9. The molecule has 2 bridgehead atoms. The van der Waals surface area contributed by atoms with E-state index in [0.717, 1.165) is 39.1 Å². The van der Waals surface area contributed by atoms with Crippen molar-refractivity contribution in [2.45, 2.75) is 32.1 Å². The smallest absolute Gasteiger partial charge is 0.239 e. The van der Waals surface area contributed by atoms with E-state index < -0.39 is 17.3 Å². The number of aryl methyl sites for hydroxylation is 1. The van der Waals surface area contributed by atoms with Crippen LogP contribution >= 0.6 is 0 Å². The van der Waals surface area contributed by atoms with Gasteiger partial charge in [-0.25, -0.2) is 4.90 Å². The number of benzene rings is 4. The van der Waals surface area contributed by atoms with Gasteiger partial charge in [0, 0.05) is 12.1 Å². The molecule has 2 amide bonds. The third kappa shape index (κ3) is 3.18. The standard InChI is InChI=1S/C35H30N2O3/c1-4-40-29-19-10-9-18-28(29)37-33(38)31-30-23-13-5-7-15-25(23)35(32(31)34(37)39,26-16-8-6-14-24(26)30)20-36-27-17-11-12-21(2)22(27)3/h5-20,30-32H,4H2,1-3H3. The second-order valence-corrected chi connectivity index (χ2v) is 10.9. The molecule has 1 saturated heterocycles. The maximum Gasteiger partial charge on any atom is 0.239 e. The number of hydrogen-bond donors (Lipinski definition) is 0. The number of aliphatic imine (C=N–C) groups is 1. The van der Waals surface area contributed by atoms with E-state index in [1.54, 1.807) is 6.07 Å². The highest BCUT2D eigenvalue weighted by molar-refractivity contribution is 6.25. The lowest BCUT2D eigenvalue weighted by atomic mass is 9.47. The summed E-state index contributed by atoms with van der Waals surface area (Å²) >= 11 is 0. The van der Waals surface area contributed by atoms with Gasteiger partial charge in [0.25, 0.3) is 0 Å². The Morgan fingerprint density at radius 1 is 0.825 bits per heavy atom. The summed E-state index contributed by atoms with van der Waals surface area (Å²) in [4.78, 5) is 35.5. The number of nitrogens with zero attached hydrogens (tertiary/aromatic N) is 2. The van der Waals surface area contributed by atoms with Crippen LogP contribution in [0.25, 0.3) is 0 Å². The van der Waals surface area contributed by atoms with Crippen LogP contribution in [0.1, 0.15) is 46.2 Å². The molecule has 1 aliphatic heterocycles. The molecule has 1 fully saturated rings. The average Bonchev–Trinajstić information content (AvgIpc) is 3.25. The first kappa shape index (κ1) is 24.5. The summed E-state index contributed by atoms with van der Waals surface area (Å²) in [6, 6.07) is 29.9. The zero-order valence-corrected chi connectivity index (χ0v) is 22.8. The van der Waals surface area contributed by atoms with Gasteiger partial charge in [-0.05, 0) is 72.4 Å². The molecule has 2 atom stereocenters. The Morgan fingerprint density at radius 3 is 2.17 bits per heavy atom. The summed E-state index contributed by atoms with van der Waals surface area (Å²) in [5, 5.41) is 0. The highest BCUT2D eigenvalue weighted by Gasteiger charge is 2.68. The molecule has 40 heavy (non-hydrogen) atoms. The van der Waals surface area contributed by atoms with Crippen molar-refractivity contribution in [3.05, 3.63) is 124 Å². The predicted octanol–water partition coefficient (Wildman–Crippen LogP) is 6.66. The lowest BCUT2D eigenvalue weighted by Crippen LogP contribution is -2.54. The van der Waals surface area contributed by atoms with Gasteiger partial charge < -0.3 is 4.74 Å². The summed E-state index contributed by atoms with van der Waals surface area (Å²) in [5.74, 6) is -1.24. The van der Waals surface area contributed by atoms with Gasteiger partial charge in [-0.15, -0.1) is 0 Å². The Hall–Kier alpha value is -4.51. The van der Waals surface area contributed by atoms with Crippen molar-refractivity contribution >= 4 is 29.4 Å². The summed E-state index contributed by atoms with van der Waals surface area (Å²) in [7, 11) is 0. The van der Waals surface area contributed by atoms with Crippen molar-refractivity contribution in [2.24, 2.45) is 16.8 Å². The average molecular weight is 527 g/mol. The van der Waals surface area contributed by atoms with Crippen LogP contribution in [0.15, 0.2) is 96.0 Å². The van der Waals surface area contributed by atoms with E-state index in [1.807, 2.05) is 67.7 Å². The Bertz CT molecular complexity index is 1670. The van der Waals surface area contributed by atoms with Crippen LogP contribution in [-0.4, -0.2) is 24.6 Å². The zero-order chi connectivity index (χ0) is 27.6. The van der Waals surface area contributed by atoms with E-state index >= 15 is 0 Å². The molecule has 4 aromatic carbocycles. The third-order valence-corrected chi connectivity index (χ3v) is 9.07. The van der Waals surface area contributed by atoms with E-state index in [2.05, 4.69) is 44.2 Å². The Labute approximate surface area is 234 Å². The molecule has 0 N–H and O–H groups in total. The van der Waals surface area contributed by atoms with Crippen LogP contribution in [-0.2, 0) is 15.0 Å². The minimum atomic E-state index is -0.898. The first-order chi connectivity index (χ1) is 19.5. The number of ether oxygens (including phenoxy) is 1. The number of amides is 2. The maximum atomic E-state index is 14.6. The van der Waals surface area contributed by atoms with Crippen molar-refractivity contribution in [1.82, 2.24) is 0 Å².